The number of esters is 1. The molecule has 1 rings (SSSR count). The van der Waals surface area contributed by atoms with Crippen LogP contribution in [-0.2, 0) is 22.1 Å². The lowest BCUT2D eigenvalue weighted by atomic mass is 10.0. The topological polar surface area (TPSA) is 50.1 Å². The highest BCUT2D eigenvalue weighted by atomic mass is 79.9. The Morgan fingerprint density at radius 2 is 2.11 bits per heavy atom. The largest absolute Gasteiger partial charge is 0.469 e. The highest BCUT2D eigenvalue weighted by molar-refractivity contribution is 9.10. The van der Waals surface area contributed by atoms with Crippen LogP contribution in [0.3, 0.4) is 0 Å². The molecule has 0 N–H and O–H groups in total. The number of methoxy groups -OCH3 is 1. The van der Waals surface area contributed by atoms with Gasteiger partial charge < -0.3 is 4.74 Å². The smallest absolute Gasteiger partial charge is 0.416 e. The van der Waals surface area contributed by atoms with Crippen LogP contribution >= 0.6 is 15.9 Å². The number of benzene rings is 1. The SMILES string of the molecule is COC(=O)Cc1cc(C(F)(F)F)cc(Br)c1C#N. The predicted molar refractivity (Wildman–Crippen MR) is 59.6 cm³/mol. The fourth-order valence-electron chi connectivity index (χ4n) is 1.32. The normalized spacial score (nSPS) is 10.9. The van der Waals surface area contributed by atoms with Crippen molar-refractivity contribution in [2.75, 3.05) is 7.11 Å². The molecule has 0 aliphatic carbocycles. The minimum absolute atomic E-state index is 0.00118. The zero-order valence-corrected chi connectivity index (χ0v) is 10.7. The molecule has 0 spiro atoms. The third-order valence-corrected chi connectivity index (χ3v) is 2.80. The van der Waals surface area contributed by atoms with Crippen LogP contribution in [0.2, 0.25) is 0 Å². The summed E-state index contributed by atoms with van der Waals surface area (Å²) in [6.07, 6.45) is -4.93. The van der Waals surface area contributed by atoms with Gasteiger partial charge in [-0.15, -0.1) is 0 Å². The van der Waals surface area contributed by atoms with Crippen LogP contribution in [0, 0.1) is 11.3 Å². The van der Waals surface area contributed by atoms with Crippen molar-refractivity contribution in [1.82, 2.24) is 0 Å². The molecule has 0 radical (unpaired) electrons. The van der Waals surface area contributed by atoms with Crippen molar-refractivity contribution in [3.63, 3.8) is 0 Å². The Bertz CT molecular complexity index is 520. The van der Waals surface area contributed by atoms with Crippen LogP contribution in [-0.4, -0.2) is 13.1 Å². The zero-order valence-electron chi connectivity index (χ0n) is 9.14. The highest BCUT2D eigenvalue weighted by Crippen LogP contribution is 2.34. The van der Waals surface area contributed by atoms with E-state index in [0.29, 0.717) is 0 Å². The number of rotatable bonds is 2. The fourth-order valence-corrected chi connectivity index (χ4v) is 1.91. The number of carbonyl (C=O) groups excluding carboxylic acids is 1. The Hall–Kier alpha value is -1.55. The molecule has 0 saturated carbocycles. The Labute approximate surface area is 109 Å². The van der Waals surface area contributed by atoms with Crippen molar-refractivity contribution in [1.29, 1.82) is 5.26 Å². The molecule has 1 aromatic rings. The Balaban J connectivity index is 3.34. The summed E-state index contributed by atoms with van der Waals surface area (Å²) in [7, 11) is 1.12. The van der Waals surface area contributed by atoms with Crippen molar-refractivity contribution < 1.29 is 22.7 Å². The lowest BCUT2D eigenvalue weighted by molar-refractivity contribution is -0.140. The number of hydrogen-bond donors (Lipinski definition) is 0. The van der Waals surface area contributed by atoms with Crippen LogP contribution in [0.4, 0.5) is 13.2 Å². The second-order valence-electron chi connectivity index (χ2n) is 3.35. The Morgan fingerprint density at radius 3 is 2.56 bits per heavy atom. The van der Waals surface area contributed by atoms with Gasteiger partial charge in [-0.1, -0.05) is 0 Å². The van der Waals surface area contributed by atoms with Crippen molar-refractivity contribution in [3.8, 4) is 6.07 Å². The Kier molecular flexibility index (Phi) is 4.35. The van der Waals surface area contributed by atoms with Gasteiger partial charge in [0.05, 0.1) is 24.7 Å². The number of nitriles is 1. The van der Waals surface area contributed by atoms with Gasteiger partial charge in [-0.25, -0.2) is 0 Å². The van der Waals surface area contributed by atoms with Crippen LogP contribution in [0.25, 0.3) is 0 Å². The van der Waals surface area contributed by atoms with Crippen molar-refractivity contribution in [3.05, 3.63) is 33.3 Å². The molecule has 96 valence electrons. The van der Waals surface area contributed by atoms with Gasteiger partial charge in [0.15, 0.2) is 0 Å². The standard InChI is InChI=1S/C11H7BrF3NO2/c1-18-10(17)3-6-2-7(11(13,14)15)4-9(12)8(6)5-16/h2,4H,3H2,1H3. The molecule has 0 aromatic heterocycles. The highest BCUT2D eigenvalue weighted by Gasteiger charge is 2.32. The van der Waals surface area contributed by atoms with E-state index in [9.17, 15) is 18.0 Å². The molecule has 0 unspecified atom stereocenters. The lowest BCUT2D eigenvalue weighted by Gasteiger charge is -2.11. The maximum atomic E-state index is 12.6. The fraction of sp³-hybridized carbons (Fsp3) is 0.273. The number of halogens is 4. The van der Waals surface area contributed by atoms with E-state index < -0.39 is 17.7 Å². The van der Waals surface area contributed by atoms with Crippen LogP contribution in [0.5, 0.6) is 0 Å². The molecule has 1 aromatic carbocycles. The van der Waals surface area contributed by atoms with E-state index in [2.05, 4.69) is 20.7 Å². The second-order valence-corrected chi connectivity index (χ2v) is 4.21. The average molecular weight is 322 g/mol. The van der Waals surface area contributed by atoms with Crippen molar-refractivity contribution in [2.45, 2.75) is 12.6 Å². The van der Waals surface area contributed by atoms with E-state index in [0.717, 1.165) is 19.2 Å². The van der Waals surface area contributed by atoms with Gasteiger partial charge in [-0.05, 0) is 33.6 Å². The van der Waals surface area contributed by atoms with Gasteiger partial charge >= 0.3 is 12.1 Å². The van der Waals surface area contributed by atoms with Gasteiger partial charge in [-0.2, -0.15) is 18.4 Å². The minimum atomic E-state index is -4.54. The molecule has 7 heteroatoms. The molecule has 3 nitrogen and oxygen atoms in total. The summed E-state index contributed by atoms with van der Waals surface area (Å²) in [6, 6.07) is 3.33. The quantitative estimate of drug-likeness (QED) is 0.787. The molecular weight excluding hydrogens is 315 g/mol. The zero-order chi connectivity index (χ0) is 13.9. The van der Waals surface area contributed by atoms with Gasteiger partial charge in [0.1, 0.15) is 6.07 Å². The molecule has 0 heterocycles. The summed E-state index contributed by atoms with van der Waals surface area (Å²) in [6.45, 7) is 0. The molecule has 18 heavy (non-hydrogen) atoms. The summed E-state index contributed by atoms with van der Waals surface area (Å²) in [5.74, 6) is -0.710. The molecular formula is C11H7BrF3NO2. The molecule has 0 bridgehead atoms. The van der Waals surface area contributed by atoms with E-state index >= 15 is 0 Å². The number of carbonyl (C=O) groups is 1. The number of ether oxygens (including phenoxy) is 1. The van der Waals surface area contributed by atoms with E-state index in [1.165, 1.54) is 0 Å². The van der Waals surface area contributed by atoms with Crippen LogP contribution < -0.4 is 0 Å². The first-order valence-electron chi connectivity index (χ1n) is 4.66. The number of hydrogen-bond acceptors (Lipinski definition) is 3. The number of alkyl halides is 3. The third kappa shape index (κ3) is 3.23. The molecule has 0 fully saturated rings. The predicted octanol–water partition coefficient (Wildman–Crippen LogP) is 3.06. The van der Waals surface area contributed by atoms with Crippen LogP contribution in [0.1, 0.15) is 16.7 Å². The minimum Gasteiger partial charge on any atom is -0.469 e. The van der Waals surface area contributed by atoms with Crippen LogP contribution in [0.15, 0.2) is 16.6 Å². The van der Waals surface area contributed by atoms with E-state index in [-0.39, 0.29) is 22.0 Å². The molecule has 0 atom stereocenters. The average Bonchev–Trinajstić information content (AvgIpc) is 2.27. The molecule has 0 saturated heterocycles. The van der Waals surface area contributed by atoms with Gasteiger partial charge in [0.2, 0.25) is 0 Å². The maximum Gasteiger partial charge on any atom is 0.416 e. The third-order valence-electron chi connectivity index (χ3n) is 2.17. The second kappa shape index (κ2) is 5.40. The van der Waals surface area contributed by atoms with Gasteiger partial charge in [0, 0.05) is 4.47 Å². The van der Waals surface area contributed by atoms with Gasteiger partial charge in [-0.3, -0.25) is 4.79 Å². The van der Waals surface area contributed by atoms with Gasteiger partial charge in [0.25, 0.3) is 0 Å². The van der Waals surface area contributed by atoms with Crippen molar-refractivity contribution in [2.24, 2.45) is 0 Å². The molecule has 0 amide bonds. The summed E-state index contributed by atoms with van der Waals surface area (Å²) in [4.78, 5) is 11.1. The first-order valence-corrected chi connectivity index (χ1v) is 5.45. The summed E-state index contributed by atoms with van der Waals surface area (Å²) >= 11 is 2.89. The molecule has 0 aliphatic heterocycles. The van der Waals surface area contributed by atoms with E-state index in [1.54, 1.807) is 6.07 Å². The first kappa shape index (κ1) is 14.5. The first-order chi connectivity index (χ1) is 8.29. The van der Waals surface area contributed by atoms with E-state index in [1.807, 2.05) is 0 Å². The lowest BCUT2D eigenvalue weighted by Crippen LogP contribution is -2.10. The monoisotopic (exact) mass is 321 g/mol. The Morgan fingerprint density at radius 1 is 1.50 bits per heavy atom. The molecule has 0 aliphatic rings. The van der Waals surface area contributed by atoms with E-state index in [4.69, 9.17) is 5.26 Å². The van der Waals surface area contributed by atoms with Crippen molar-refractivity contribution >= 4 is 21.9 Å². The maximum absolute atomic E-state index is 12.6. The summed E-state index contributed by atoms with van der Waals surface area (Å²) in [5, 5.41) is 8.87. The summed E-state index contributed by atoms with van der Waals surface area (Å²) < 4.78 is 42.1. The summed E-state index contributed by atoms with van der Waals surface area (Å²) in [5.41, 5.74) is -0.952. The number of nitrogens with zero attached hydrogens (tertiary/aromatic N) is 1.